The van der Waals surface area contributed by atoms with E-state index in [4.69, 9.17) is 9.47 Å². The maximum atomic E-state index is 13.3. The normalized spacial score (nSPS) is 23.1. The molecule has 1 fully saturated rings. The van der Waals surface area contributed by atoms with Gasteiger partial charge in [0.05, 0.1) is 19.1 Å². The van der Waals surface area contributed by atoms with Crippen LogP contribution in [0.4, 0.5) is 0 Å². The van der Waals surface area contributed by atoms with Crippen LogP contribution in [-0.2, 0) is 16.6 Å². The summed E-state index contributed by atoms with van der Waals surface area (Å²) in [4.78, 5) is 17.7. The molecule has 8 heteroatoms. The number of aromatic nitrogens is 2. The average molecular weight is 529 g/mol. The molecular weight excluding hydrogens is 496 g/mol. The van der Waals surface area contributed by atoms with Gasteiger partial charge in [-0.2, -0.15) is 4.98 Å². The van der Waals surface area contributed by atoms with Crippen LogP contribution in [0.25, 0.3) is 0 Å². The van der Waals surface area contributed by atoms with Gasteiger partial charge in [-0.1, -0.05) is 72.8 Å². The molecule has 2 heterocycles. The Morgan fingerprint density at radius 2 is 1.51 bits per heavy atom. The molecule has 0 amide bonds. The van der Waals surface area contributed by atoms with E-state index in [0.29, 0.717) is 12.1 Å². The summed E-state index contributed by atoms with van der Waals surface area (Å²) in [5.74, 6) is 0.737. The van der Waals surface area contributed by atoms with Crippen LogP contribution in [0.5, 0.6) is 5.75 Å². The average Bonchev–Trinajstić information content (AvgIpc) is 3.20. The second kappa shape index (κ2) is 10.7. The first-order valence-corrected chi connectivity index (χ1v) is 12.8. The third-order valence-corrected chi connectivity index (χ3v) is 7.64. The molecule has 4 atom stereocenters. The molecule has 0 radical (unpaired) electrons. The van der Waals surface area contributed by atoms with Gasteiger partial charge >= 0.3 is 5.69 Å². The molecule has 0 spiro atoms. The predicted octanol–water partition coefficient (Wildman–Crippen LogP) is 2.83. The van der Waals surface area contributed by atoms with Crippen LogP contribution in [0.1, 0.15) is 35.5 Å². The number of rotatable bonds is 8. The van der Waals surface area contributed by atoms with Gasteiger partial charge in [0.1, 0.15) is 23.6 Å². The van der Waals surface area contributed by atoms with Crippen molar-refractivity contribution < 1.29 is 24.8 Å². The van der Waals surface area contributed by atoms with Crippen LogP contribution in [0.2, 0.25) is 0 Å². The van der Waals surface area contributed by atoms with Crippen LogP contribution in [0, 0.1) is 0 Å². The number of ether oxygens (including phenoxy) is 2. The fraction of sp³-hybridized carbons (Fsp3) is 0.290. The number of aliphatic hydroxyl groups is 3. The van der Waals surface area contributed by atoms with Crippen molar-refractivity contribution in [3.8, 4) is 5.75 Å². The summed E-state index contributed by atoms with van der Waals surface area (Å²) in [6, 6.07) is 29.8. The fourth-order valence-electron chi connectivity index (χ4n) is 5.51. The SMILES string of the molecule is COc1ccc(C(Cc2ccn([C@@H]3O[C@H](CO)[C@@H](O)[C@@]3(C)O)c(=O)n2)(c2ccccc2)c2ccccc2)cc1. The minimum Gasteiger partial charge on any atom is -0.497 e. The summed E-state index contributed by atoms with van der Waals surface area (Å²) in [5, 5.41) is 30.8. The molecule has 1 saturated heterocycles. The van der Waals surface area contributed by atoms with E-state index >= 15 is 0 Å². The van der Waals surface area contributed by atoms with Gasteiger partial charge in [-0.25, -0.2) is 4.79 Å². The number of aliphatic hydroxyl groups excluding tert-OH is 2. The van der Waals surface area contributed by atoms with Crippen molar-refractivity contribution in [1.82, 2.24) is 9.55 Å². The van der Waals surface area contributed by atoms with Gasteiger partial charge in [-0.05, 0) is 41.8 Å². The summed E-state index contributed by atoms with van der Waals surface area (Å²) in [6.45, 7) is 0.879. The third kappa shape index (κ3) is 4.77. The van der Waals surface area contributed by atoms with Gasteiger partial charge in [0.25, 0.3) is 0 Å². The lowest BCUT2D eigenvalue weighted by Gasteiger charge is -2.36. The Morgan fingerprint density at radius 3 is 2.00 bits per heavy atom. The fourth-order valence-corrected chi connectivity index (χ4v) is 5.51. The number of benzene rings is 3. The van der Waals surface area contributed by atoms with Crippen molar-refractivity contribution in [2.45, 2.75) is 42.8 Å². The lowest BCUT2D eigenvalue weighted by Crippen LogP contribution is -2.46. The first-order valence-electron chi connectivity index (χ1n) is 12.8. The highest BCUT2D eigenvalue weighted by Crippen LogP contribution is 2.42. The summed E-state index contributed by atoms with van der Waals surface area (Å²) in [5.41, 5.74) is 0.495. The van der Waals surface area contributed by atoms with E-state index in [2.05, 4.69) is 29.2 Å². The molecule has 5 rings (SSSR count). The Kier molecular flexibility index (Phi) is 7.38. The van der Waals surface area contributed by atoms with E-state index in [9.17, 15) is 20.1 Å². The molecule has 1 aliphatic heterocycles. The van der Waals surface area contributed by atoms with E-state index < -0.39 is 41.7 Å². The number of hydrogen-bond acceptors (Lipinski definition) is 7. The van der Waals surface area contributed by atoms with Crippen LogP contribution in [0.15, 0.2) is 102 Å². The molecular formula is C31H32N2O6. The molecule has 0 bridgehead atoms. The Balaban J connectivity index is 1.63. The molecule has 8 nitrogen and oxygen atoms in total. The van der Waals surface area contributed by atoms with Gasteiger partial charge in [0, 0.05) is 18.3 Å². The number of nitrogens with zero attached hydrogens (tertiary/aromatic N) is 2. The highest BCUT2D eigenvalue weighted by atomic mass is 16.6. The maximum Gasteiger partial charge on any atom is 0.350 e. The molecule has 0 saturated carbocycles. The van der Waals surface area contributed by atoms with Crippen molar-refractivity contribution in [2.75, 3.05) is 13.7 Å². The van der Waals surface area contributed by atoms with E-state index in [1.165, 1.54) is 13.1 Å². The minimum absolute atomic E-state index is 0.368. The molecule has 1 aromatic heterocycles. The zero-order chi connectivity index (χ0) is 27.6. The molecule has 0 unspecified atom stereocenters. The predicted molar refractivity (Wildman–Crippen MR) is 146 cm³/mol. The van der Waals surface area contributed by atoms with E-state index in [0.717, 1.165) is 27.0 Å². The Hall–Kier alpha value is -3.82. The van der Waals surface area contributed by atoms with Crippen molar-refractivity contribution in [2.24, 2.45) is 0 Å². The first kappa shape index (κ1) is 26.8. The number of hydrogen-bond donors (Lipinski definition) is 3. The van der Waals surface area contributed by atoms with Crippen molar-refractivity contribution >= 4 is 0 Å². The van der Waals surface area contributed by atoms with Crippen LogP contribution in [-0.4, -0.2) is 56.4 Å². The van der Waals surface area contributed by atoms with Gasteiger partial charge in [-0.3, -0.25) is 4.57 Å². The van der Waals surface area contributed by atoms with Crippen LogP contribution < -0.4 is 10.4 Å². The number of methoxy groups -OCH3 is 1. The highest BCUT2D eigenvalue weighted by Gasteiger charge is 2.53. The Labute approximate surface area is 226 Å². The van der Waals surface area contributed by atoms with Gasteiger partial charge < -0.3 is 24.8 Å². The third-order valence-electron chi connectivity index (χ3n) is 7.64. The summed E-state index contributed by atoms with van der Waals surface area (Å²) >= 11 is 0. The largest absolute Gasteiger partial charge is 0.497 e. The van der Waals surface area contributed by atoms with Gasteiger partial charge in [-0.15, -0.1) is 0 Å². The molecule has 1 aliphatic rings. The zero-order valence-corrected chi connectivity index (χ0v) is 21.8. The van der Waals surface area contributed by atoms with Crippen molar-refractivity contribution in [1.29, 1.82) is 0 Å². The Bertz CT molecular complexity index is 1410. The smallest absolute Gasteiger partial charge is 0.350 e. The molecule has 4 aromatic rings. The maximum absolute atomic E-state index is 13.3. The lowest BCUT2D eigenvalue weighted by atomic mass is 9.66. The van der Waals surface area contributed by atoms with Gasteiger partial charge in [0.2, 0.25) is 0 Å². The molecule has 202 valence electrons. The van der Waals surface area contributed by atoms with Crippen molar-refractivity contribution in [3.05, 3.63) is 130 Å². The standard InChI is InChI=1S/C31H32N2O6/c1-30(37)27(35)26(20-34)39-28(30)33-18-17-24(32-29(33)36)19-31(21-9-5-3-6-10-21,22-11-7-4-8-12-22)23-13-15-25(38-2)16-14-23/h3-18,26-28,34-35,37H,19-20H2,1-2H3/t26-,27-,28-,30-/m1/s1. The summed E-state index contributed by atoms with van der Waals surface area (Å²) in [6.07, 6.45) is -1.69. The zero-order valence-electron chi connectivity index (χ0n) is 21.8. The first-order chi connectivity index (χ1) is 18.8. The van der Waals surface area contributed by atoms with Gasteiger partial charge in [0.15, 0.2) is 6.23 Å². The minimum atomic E-state index is -1.79. The van der Waals surface area contributed by atoms with E-state index in [1.54, 1.807) is 13.2 Å². The summed E-state index contributed by atoms with van der Waals surface area (Å²) in [7, 11) is 1.63. The molecule has 3 N–H and O–H groups in total. The molecule has 39 heavy (non-hydrogen) atoms. The highest BCUT2D eigenvalue weighted by molar-refractivity contribution is 5.52. The van der Waals surface area contributed by atoms with E-state index in [1.807, 2.05) is 60.7 Å². The van der Waals surface area contributed by atoms with Crippen molar-refractivity contribution in [3.63, 3.8) is 0 Å². The quantitative estimate of drug-likeness (QED) is 0.302. The Morgan fingerprint density at radius 1 is 0.949 bits per heavy atom. The molecule has 0 aliphatic carbocycles. The topological polar surface area (TPSA) is 114 Å². The summed E-state index contributed by atoms with van der Waals surface area (Å²) < 4.78 is 12.2. The molecule has 3 aromatic carbocycles. The van der Waals surface area contributed by atoms with Crippen LogP contribution >= 0.6 is 0 Å². The second-order valence-electron chi connectivity index (χ2n) is 10.0. The monoisotopic (exact) mass is 528 g/mol. The second-order valence-corrected chi connectivity index (χ2v) is 10.0. The van der Waals surface area contributed by atoms with Crippen LogP contribution in [0.3, 0.4) is 0 Å². The lowest BCUT2D eigenvalue weighted by molar-refractivity contribution is -0.0987. The van der Waals surface area contributed by atoms with E-state index in [-0.39, 0.29) is 0 Å².